The quantitative estimate of drug-likeness (QED) is 0.215. The average Bonchev–Trinajstić information content (AvgIpc) is 2.72. The zero-order valence-corrected chi connectivity index (χ0v) is 19.0. The van der Waals surface area contributed by atoms with Crippen molar-refractivity contribution in [3.8, 4) is 0 Å². The summed E-state index contributed by atoms with van der Waals surface area (Å²) >= 11 is 0. The molecule has 0 radical (unpaired) electrons. The molecule has 0 bridgehead atoms. The van der Waals surface area contributed by atoms with E-state index in [9.17, 15) is 5.11 Å². The molecule has 2 unspecified atom stereocenters. The van der Waals surface area contributed by atoms with Crippen LogP contribution in [0.3, 0.4) is 0 Å². The predicted molar refractivity (Wildman–Crippen MR) is 120 cm³/mol. The number of aliphatic hydroxyl groups is 1. The molecule has 0 aromatic rings. The summed E-state index contributed by atoms with van der Waals surface area (Å²) in [5.41, 5.74) is 0. The summed E-state index contributed by atoms with van der Waals surface area (Å²) < 4.78 is 11.3. The van der Waals surface area contributed by atoms with E-state index >= 15 is 0 Å². The summed E-state index contributed by atoms with van der Waals surface area (Å²) in [5, 5.41) is 10.1. The highest BCUT2D eigenvalue weighted by atomic mass is 16.7. The maximum absolute atomic E-state index is 10.1. The maximum atomic E-state index is 10.1. The van der Waals surface area contributed by atoms with Crippen LogP contribution < -0.4 is 0 Å². The van der Waals surface area contributed by atoms with Crippen LogP contribution in [0.2, 0.25) is 0 Å². The van der Waals surface area contributed by atoms with Crippen molar-refractivity contribution in [1.29, 1.82) is 0 Å². The van der Waals surface area contributed by atoms with Gasteiger partial charge in [0.15, 0.2) is 6.29 Å². The van der Waals surface area contributed by atoms with Gasteiger partial charge in [0.2, 0.25) is 0 Å². The third-order valence-electron chi connectivity index (χ3n) is 6.01. The highest BCUT2D eigenvalue weighted by molar-refractivity contribution is 4.58. The summed E-state index contributed by atoms with van der Waals surface area (Å²) in [6.45, 7) is 3.85. The van der Waals surface area contributed by atoms with Crippen molar-refractivity contribution in [1.82, 2.24) is 0 Å². The van der Waals surface area contributed by atoms with E-state index in [-0.39, 0.29) is 12.4 Å². The molecule has 0 aromatic heterocycles. The van der Waals surface area contributed by atoms with Crippen LogP contribution in [0, 0.1) is 0 Å². The van der Waals surface area contributed by atoms with E-state index in [1.807, 2.05) is 0 Å². The molecule has 1 heterocycles. The van der Waals surface area contributed by atoms with Crippen LogP contribution >= 0.6 is 0 Å². The number of unbranched alkanes of at least 4 members (excludes halogenated alkanes) is 13. The van der Waals surface area contributed by atoms with Gasteiger partial charge in [-0.05, 0) is 38.5 Å². The van der Waals surface area contributed by atoms with Crippen molar-refractivity contribution >= 4 is 0 Å². The first-order valence-electron chi connectivity index (χ1n) is 12.7. The van der Waals surface area contributed by atoms with Crippen LogP contribution in [-0.4, -0.2) is 30.7 Å². The van der Waals surface area contributed by atoms with Gasteiger partial charge in [-0.3, -0.25) is 0 Å². The molecule has 0 amide bonds. The molecular formula is C25H50O3. The second-order valence-electron chi connectivity index (χ2n) is 8.85. The monoisotopic (exact) mass is 398 g/mol. The Morgan fingerprint density at radius 1 is 0.750 bits per heavy atom. The lowest BCUT2D eigenvalue weighted by Gasteiger charge is -2.22. The largest absolute Gasteiger partial charge is 0.393 e. The minimum Gasteiger partial charge on any atom is -0.393 e. The highest BCUT2D eigenvalue weighted by Gasteiger charge is 2.13. The number of aliphatic hydroxyl groups excluding tert-OH is 1. The minimum absolute atomic E-state index is 0.0108. The van der Waals surface area contributed by atoms with Crippen LogP contribution in [0.5, 0.6) is 0 Å². The van der Waals surface area contributed by atoms with Crippen LogP contribution in [0.4, 0.5) is 0 Å². The molecule has 1 aliphatic rings. The van der Waals surface area contributed by atoms with E-state index < -0.39 is 0 Å². The lowest BCUT2D eigenvalue weighted by molar-refractivity contribution is -0.163. The summed E-state index contributed by atoms with van der Waals surface area (Å²) in [7, 11) is 0. The van der Waals surface area contributed by atoms with E-state index in [1.54, 1.807) is 0 Å². The molecule has 1 saturated heterocycles. The van der Waals surface area contributed by atoms with Crippen LogP contribution in [-0.2, 0) is 9.47 Å². The van der Waals surface area contributed by atoms with Crippen LogP contribution in [0.15, 0.2) is 0 Å². The van der Waals surface area contributed by atoms with Gasteiger partial charge < -0.3 is 14.6 Å². The van der Waals surface area contributed by atoms with E-state index in [4.69, 9.17) is 9.47 Å². The van der Waals surface area contributed by atoms with E-state index in [0.717, 1.165) is 45.3 Å². The van der Waals surface area contributed by atoms with Crippen molar-refractivity contribution in [2.45, 2.75) is 148 Å². The molecule has 2 atom stereocenters. The zero-order valence-electron chi connectivity index (χ0n) is 19.0. The summed E-state index contributed by atoms with van der Waals surface area (Å²) in [5.74, 6) is 0. The van der Waals surface area contributed by atoms with Crippen LogP contribution in [0.25, 0.3) is 0 Å². The average molecular weight is 399 g/mol. The van der Waals surface area contributed by atoms with Gasteiger partial charge in [-0.15, -0.1) is 0 Å². The van der Waals surface area contributed by atoms with Gasteiger partial charge in [0.25, 0.3) is 0 Å². The Bertz CT molecular complexity index is 302. The molecule has 1 N–H and O–H groups in total. The molecule has 0 spiro atoms. The SMILES string of the molecule is CCCCCCCCCCCCCCCCC(O)CCCOC1CCCCO1. The predicted octanol–water partition coefficient (Wildman–Crippen LogP) is 7.54. The molecule has 0 aliphatic carbocycles. The second-order valence-corrected chi connectivity index (χ2v) is 8.85. The maximum Gasteiger partial charge on any atom is 0.157 e. The molecule has 3 heteroatoms. The van der Waals surface area contributed by atoms with Gasteiger partial charge in [0.05, 0.1) is 6.10 Å². The number of ether oxygens (including phenoxy) is 2. The molecule has 1 aliphatic heterocycles. The third kappa shape index (κ3) is 16.8. The fraction of sp³-hybridized carbons (Fsp3) is 1.00. The zero-order chi connectivity index (χ0) is 20.1. The molecule has 3 nitrogen and oxygen atoms in total. The Hall–Kier alpha value is -0.120. The molecule has 1 fully saturated rings. The Balaban J connectivity index is 1.72. The van der Waals surface area contributed by atoms with E-state index in [1.165, 1.54) is 96.3 Å². The molecule has 1 rings (SSSR count). The number of rotatable bonds is 20. The lowest BCUT2D eigenvalue weighted by atomic mass is 10.0. The highest BCUT2D eigenvalue weighted by Crippen LogP contribution is 2.16. The number of hydrogen-bond acceptors (Lipinski definition) is 3. The van der Waals surface area contributed by atoms with Gasteiger partial charge in [0.1, 0.15) is 0 Å². The Labute approximate surface area is 176 Å². The first-order valence-corrected chi connectivity index (χ1v) is 12.7. The van der Waals surface area contributed by atoms with Gasteiger partial charge in [-0.1, -0.05) is 96.8 Å². The van der Waals surface area contributed by atoms with Gasteiger partial charge in [0, 0.05) is 13.2 Å². The molecule has 0 aromatic carbocycles. The molecular weight excluding hydrogens is 348 g/mol. The Morgan fingerprint density at radius 2 is 1.29 bits per heavy atom. The smallest absolute Gasteiger partial charge is 0.157 e. The third-order valence-corrected chi connectivity index (χ3v) is 6.01. The first kappa shape index (κ1) is 25.9. The van der Waals surface area contributed by atoms with Crippen molar-refractivity contribution in [3.05, 3.63) is 0 Å². The second kappa shape index (κ2) is 20.2. The van der Waals surface area contributed by atoms with Gasteiger partial charge in [-0.2, -0.15) is 0 Å². The van der Waals surface area contributed by atoms with E-state index in [2.05, 4.69) is 6.92 Å². The normalized spacial score (nSPS) is 18.4. The Kier molecular flexibility index (Phi) is 18.7. The number of hydrogen-bond donors (Lipinski definition) is 1. The fourth-order valence-corrected chi connectivity index (χ4v) is 4.10. The van der Waals surface area contributed by atoms with Crippen molar-refractivity contribution in [2.24, 2.45) is 0 Å². The lowest BCUT2D eigenvalue weighted by Crippen LogP contribution is -2.23. The van der Waals surface area contributed by atoms with E-state index in [0.29, 0.717) is 0 Å². The van der Waals surface area contributed by atoms with Crippen molar-refractivity contribution < 1.29 is 14.6 Å². The van der Waals surface area contributed by atoms with Gasteiger partial charge >= 0.3 is 0 Å². The van der Waals surface area contributed by atoms with Crippen molar-refractivity contribution in [2.75, 3.05) is 13.2 Å². The summed E-state index contributed by atoms with van der Waals surface area (Å²) in [6.07, 6.45) is 25.4. The molecule has 28 heavy (non-hydrogen) atoms. The minimum atomic E-state index is -0.145. The van der Waals surface area contributed by atoms with Crippen LogP contribution in [0.1, 0.15) is 135 Å². The first-order chi connectivity index (χ1) is 13.8. The van der Waals surface area contributed by atoms with Gasteiger partial charge in [-0.25, -0.2) is 0 Å². The topological polar surface area (TPSA) is 38.7 Å². The fourth-order valence-electron chi connectivity index (χ4n) is 4.10. The molecule has 168 valence electrons. The molecule has 0 saturated carbocycles. The summed E-state index contributed by atoms with van der Waals surface area (Å²) in [4.78, 5) is 0. The Morgan fingerprint density at radius 3 is 1.82 bits per heavy atom. The van der Waals surface area contributed by atoms with Crippen molar-refractivity contribution in [3.63, 3.8) is 0 Å². The summed E-state index contributed by atoms with van der Waals surface area (Å²) in [6, 6.07) is 0. The standard InChI is InChI=1S/C25H50O3/c1-2-3-4-5-6-7-8-9-10-11-12-13-14-15-19-24(26)20-18-23-28-25-21-16-17-22-27-25/h24-26H,2-23H2,1H3.